The Morgan fingerprint density at radius 3 is 2.28 bits per heavy atom. The highest BCUT2D eigenvalue weighted by Gasteiger charge is 2.27. The second-order valence-electron chi connectivity index (χ2n) is 5.05. The van der Waals surface area contributed by atoms with E-state index in [1.165, 1.54) is 12.1 Å². The van der Waals surface area contributed by atoms with Crippen molar-refractivity contribution < 1.29 is 23.5 Å². The number of halogens is 1. The molecule has 1 atom stereocenters. The Hall–Kier alpha value is -3.22. The lowest BCUT2D eigenvalue weighted by Gasteiger charge is -2.17. The molecule has 0 bridgehead atoms. The lowest BCUT2D eigenvalue weighted by atomic mass is 10.1. The lowest BCUT2D eigenvalue weighted by molar-refractivity contribution is -0.129. The minimum Gasteiger partial charge on any atom is -0.444 e. The van der Waals surface area contributed by atoms with Crippen LogP contribution in [0.15, 0.2) is 54.6 Å². The van der Waals surface area contributed by atoms with Crippen LogP contribution in [-0.4, -0.2) is 24.5 Å². The number of urea groups is 1. The molecule has 6 nitrogen and oxygen atoms in total. The fourth-order valence-electron chi connectivity index (χ4n) is 2.04. The van der Waals surface area contributed by atoms with Crippen LogP contribution >= 0.6 is 0 Å². The van der Waals surface area contributed by atoms with Crippen molar-refractivity contribution in [3.63, 3.8) is 0 Å². The van der Waals surface area contributed by atoms with Crippen molar-refractivity contribution in [1.29, 1.82) is 0 Å². The minimum absolute atomic E-state index is 0.0909. The number of hydrogen-bond donors (Lipinski definition) is 2. The summed E-state index contributed by atoms with van der Waals surface area (Å²) in [5.74, 6) is -2.09. The molecule has 2 aromatic rings. The first kappa shape index (κ1) is 18.1. The molecule has 25 heavy (non-hydrogen) atoms. The quantitative estimate of drug-likeness (QED) is 0.817. The molecule has 0 aromatic heterocycles. The Morgan fingerprint density at radius 2 is 1.68 bits per heavy atom. The zero-order valence-electron chi connectivity index (χ0n) is 13.5. The van der Waals surface area contributed by atoms with Crippen molar-refractivity contribution >= 4 is 17.9 Å². The van der Waals surface area contributed by atoms with Gasteiger partial charge in [0.25, 0.3) is 5.91 Å². The molecule has 0 aliphatic rings. The first-order valence-corrected chi connectivity index (χ1v) is 7.61. The molecule has 0 unspecified atom stereocenters. The molecule has 2 N–H and O–H groups in total. The van der Waals surface area contributed by atoms with Crippen molar-refractivity contribution in [3.8, 4) is 0 Å². The van der Waals surface area contributed by atoms with Crippen LogP contribution in [0, 0.1) is 5.82 Å². The Morgan fingerprint density at radius 1 is 1.04 bits per heavy atom. The van der Waals surface area contributed by atoms with Crippen LogP contribution in [0.4, 0.5) is 9.18 Å². The number of benzene rings is 2. The van der Waals surface area contributed by atoms with Crippen molar-refractivity contribution in [2.24, 2.45) is 0 Å². The molecule has 3 amide bonds. The van der Waals surface area contributed by atoms with Crippen molar-refractivity contribution in [2.45, 2.75) is 13.0 Å². The van der Waals surface area contributed by atoms with Gasteiger partial charge in [0.05, 0.1) is 5.56 Å². The number of nitrogens with one attached hydrogen (secondary N) is 2. The highest BCUT2D eigenvalue weighted by Crippen LogP contribution is 2.19. The predicted molar refractivity (Wildman–Crippen MR) is 88.2 cm³/mol. The number of carbonyl (C=O) groups excluding carboxylic acids is 3. The van der Waals surface area contributed by atoms with E-state index < -0.39 is 29.8 Å². The first-order valence-electron chi connectivity index (χ1n) is 7.61. The van der Waals surface area contributed by atoms with Gasteiger partial charge >= 0.3 is 12.0 Å². The topological polar surface area (TPSA) is 84.5 Å². The molecule has 7 heteroatoms. The van der Waals surface area contributed by atoms with E-state index in [-0.39, 0.29) is 5.56 Å². The van der Waals surface area contributed by atoms with Crippen LogP contribution in [0.1, 0.15) is 28.9 Å². The highest BCUT2D eigenvalue weighted by molar-refractivity contribution is 5.99. The SMILES string of the molecule is CCNC(=O)NC(=O)[C@H](OC(=O)c1ccc(F)cc1)c1ccccc1. The van der Waals surface area contributed by atoms with Crippen LogP contribution in [0.5, 0.6) is 0 Å². The zero-order valence-corrected chi connectivity index (χ0v) is 13.5. The van der Waals surface area contributed by atoms with Gasteiger partial charge < -0.3 is 10.1 Å². The summed E-state index contributed by atoms with van der Waals surface area (Å²) in [5, 5.41) is 4.54. The highest BCUT2D eigenvalue weighted by atomic mass is 19.1. The number of esters is 1. The van der Waals surface area contributed by atoms with E-state index in [1.54, 1.807) is 37.3 Å². The van der Waals surface area contributed by atoms with Gasteiger partial charge in [-0.2, -0.15) is 0 Å². The van der Waals surface area contributed by atoms with Gasteiger partial charge in [-0.05, 0) is 31.2 Å². The summed E-state index contributed by atoms with van der Waals surface area (Å²) in [6.07, 6.45) is -1.32. The summed E-state index contributed by atoms with van der Waals surface area (Å²) in [4.78, 5) is 36.1. The standard InChI is InChI=1S/C18H17FN2O4/c1-2-20-18(24)21-16(22)15(12-6-4-3-5-7-12)25-17(23)13-8-10-14(19)11-9-13/h3-11,15H,2H2,1H3,(H2,20,21,22,24)/t15-/m1/s1. The van der Waals surface area contributed by atoms with Gasteiger partial charge in [0, 0.05) is 12.1 Å². The Bertz CT molecular complexity index is 747. The van der Waals surface area contributed by atoms with Crippen LogP contribution in [0.2, 0.25) is 0 Å². The maximum Gasteiger partial charge on any atom is 0.339 e. The van der Waals surface area contributed by atoms with Crippen LogP contribution in [0.3, 0.4) is 0 Å². The molecule has 0 aliphatic carbocycles. The average Bonchev–Trinajstić information content (AvgIpc) is 2.61. The number of hydrogen-bond acceptors (Lipinski definition) is 4. The predicted octanol–water partition coefficient (Wildman–Crippen LogP) is 2.57. The van der Waals surface area contributed by atoms with Crippen LogP contribution < -0.4 is 10.6 Å². The van der Waals surface area contributed by atoms with Gasteiger partial charge in [-0.1, -0.05) is 30.3 Å². The third-order valence-electron chi connectivity index (χ3n) is 3.22. The molecule has 0 radical (unpaired) electrons. The molecule has 0 saturated carbocycles. The first-order chi connectivity index (χ1) is 12.0. The van der Waals surface area contributed by atoms with E-state index in [9.17, 15) is 18.8 Å². The van der Waals surface area contributed by atoms with Crippen molar-refractivity contribution in [2.75, 3.05) is 6.54 Å². The van der Waals surface area contributed by atoms with E-state index in [0.29, 0.717) is 12.1 Å². The number of carbonyl (C=O) groups is 3. The summed E-state index contributed by atoms with van der Waals surface area (Å²) in [6, 6.07) is 12.3. The summed E-state index contributed by atoms with van der Waals surface area (Å²) < 4.78 is 18.2. The Kier molecular flexibility index (Phi) is 6.22. The number of rotatable bonds is 5. The van der Waals surface area contributed by atoms with Gasteiger partial charge in [-0.3, -0.25) is 10.1 Å². The Labute approximate surface area is 144 Å². The maximum absolute atomic E-state index is 13.0. The van der Waals surface area contributed by atoms with E-state index in [4.69, 9.17) is 4.74 Å². The normalized spacial score (nSPS) is 11.3. The van der Waals surface area contributed by atoms with E-state index in [1.807, 2.05) is 0 Å². The van der Waals surface area contributed by atoms with Crippen molar-refractivity contribution in [3.05, 3.63) is 71.5 Å². The monoisotopic (exact) mass is 344 g/mol. The second-order valence-corrected chi connectivity index (χ2v) is 5.05. The molecular weight excluding hydrogens is 327 g/mol. The molecule has 2 aromatic carbocycles. The lowest BCUT2D eigenvalue weighted by Crippen LogP contribution is -2.42. The number of amides is 3. The molecule has 0 spiro atoms. The van der Waals surface area contributed by atoms with Crippen LogP contribution in [0.25, 0.3) is 0 Å². The van der Waals surface area contributed by atoms with Gasteiger partial charge in [-0.15, -0.1) is 0 Å². The maximum atomic E-state index is 13.0. The van der Waals surface area contributed by atoms with Crippen LogP contribution in [-0.2, 0) is 9.53 Å². The molecule has 0 fully saturated rings. The van der Waals surface area contributed by atoms with Crippen molar-refractivity contribution in [1.82, 2.24) is 10.6 Å². The molecule has 2 rings (SSSR count). The largest absolute Gasteiger partial charge is 0.444 e. The second kappa shape index (κ2) is 8.58. The Balaban J connectivity index is 2.20. The third kappa shape index (κ3) is 5.13. The third-order valence-corrected chi connectivity index (χ3v) is 3.22. The van der Waals surface area contributed by atoms with E-state index in [2.05, 4.69) is 10.6 Å². The van der Waals surface area contributed by atoms with E-state index in [0.717, 1.165) is 12.1 Å². The molecular formula is C18H17FN2O4. The minimum atomic E-state index is -1.32. The summed E-state index contributed by atoms with van der Waals surface area (Å²) in [7, 11) is 0. The number of ether oxygens (including phenoxy) is 1. The van der Waals surface area contributed by atoms with Gasteiger partial charge in [-0.25, -0.2) is 14.0 Å². The molecule has 130 valence electrons. The molecule has 0 heterocycles. The van der Waals surface area contributed by atoms with Gasteiger partial charge in [0.1, 0.15) is 5.82 Å². The fraction of sp³-hybridized carbons (Fsp3) is 0.167. The number of imide groups is 1. The molecule has 0 aliphatic heterocycles. The summed E-state index contributed by atoms with van der Waals surface area (Å²) in [5.41, 5.74) is 0.493. The molecule has 0 saturated heterocycles. The summed E-state index contributed by atoms with van der Waals surface area (Å²) in [6.45, 7) is 2.04. The smallest absolute Gasteiger partial charge is 0.339 e. The summed E-state index contributed by atoms with van der Waals surface area (Å²) >= 11 is 0. The zero-order chi connectivity index (χ0) is 18.2. The van der Waals surface area contributed by atoms with Gasteiger partial charge in [0.15, 0.2) is 0 Å². The average molecular weight is 344 g/mol. The van der Waals surface area contributed by atoms with E-state index >= 15 is 0 Å². The fourth-order valence-corrected chi connectivity index (χ4v) is 2.04. The van der Waals surface area contributed by atoms with Gasteiger partial charge in [0.2, 0.25) is 6.10 Å².